The number of nitrogens with one attached hydrogen (secondary N) is 1. The van der Waals surface area contributed by atoms with Crippen molar-refractivity contribution >= 4 is 13.7 Å². The molecular weight excluding hydrogens is 960 g/mol. The van der Waals surface area contributed by atoms with E-state index in [4.69, 9.17) is 9.05 Å². The molecular formula is C67H116N2O6P+. The lowest BCUT2D eigenvalue weighted by Gasteiger charge is -2.25. The van der Waals surface area contributed by atoms with Gasteiger partial charge in [0.25, 0.3) is 0 Å². The van der Waals surface area contributed by atoms with Gasteiger partial charge in [-0.05, 0) is 96.3 Å². The smallest absolute Gasteiger partial charge is 0.387 e. The topological polar surface area (TPSA) is 105 Å². The lowest BCUT2D eigenvalue weighted by atomic mass is 10.0. The van der Waals surface area contributed by atoms with Crippen LogP contribution in [-0.4, -0.2) is 73.4 Å². The fourth-order valence-corrected chi connectivity index (χ4v) is 8.86. The summed E-state index contributed by atoms with van der Waals surface area (Å²) in [7, 11) is 1.53. The quantitative estimate of drug-likeness (QED) is 0.0243. The second kappa shape index (κ2) is 56.4. The van der Waals surface area contributed by atoms with Crippen LogP contribution in [0.5, 0.6) is 0 Å². The van der Waals surface area contributed by atoms with Gasteiger partial charge in [-0.1, -0.05) is 263 Å². The molecule has 3 unspecified atom stereocenters. The number of unbranched alkanes of at least 4 members (excludes halogenated alkanes) is 21. The highest BCUT2D eigenvalue weighted by atomic mass is 31.2. The summed E-state index contributed by atoms with van der Waals surface area (Å²) < 4.78 is 23.7. The largest absolute Gasteiger partial charge is 0.472 e. The van der Waals surface area contributed by atoms with Crippen LogP contribution >= 0.6 is 7.82 Å². The van der Waals surface area contributed by atoms with Crippen molar-refractivity contribution in [2.24, 2.45) is 0 Å². The number of amides is 1. The number of rotatable bonds is 54. The lowest BCUT2D eigenvalue weighted by Crippen LogP contribution is -2.45. The van der Waals surface area contributed by atoms with E-state index in [0.29, 0.717) is 23.9 Å². The van der Waals surface area contributed by atoms with Crippen molar-refractivity contribution in [1.29, 1.82) is 0 Å². The van der Waals surface area contributed by atoms with Gasteiger partial charge >= 0.3 is 7.82 Å². The Hall–Kier alpha value is -3.36. The van der Waals surface area contributed by atoms with Gasteiger partial charge in [0.15, 0.2) is 0 Å². The van der Waals surface area contributed by atoms with Crippen LogP contribution in [0.25, 0.3) is 0 Å². The number of aliphatic hydroxyl groups is 1. The van der Waals surface area contributed by atoms with Crippen molar-refractivity contribution in [3.63, 3.8) is 0 Å². The zero-order chi connectivity index (χ0) is 55.6. The van der Waals surface area contributed by atoms with E-state index in [1.165, 1.54) is 109 Å². The van der Waals surface area contributed by atoms with Gasteiger partial charge in [-0.15, -0.1) is 0 Å². The van der Waals surface area contributed by atoms with Crippen LogP contribution in [0.2, 0.25) is 0 Å². The van der Waals surface area contributed by atoms with Gasteiger partial charge in [0.2, 0.25) is 5.91 Å². The summed E-state index contributed by atoms with van der Waals surface area (Å²) in [6, 6.07) is -0.881. The van der Waals surface area contributed by atoms with Crippen LogP contribution in [0.15, 0.2) is 134 Å². The Balaban J connectivity index is 4.33. The summed E-state index contributed by atoms with van der Waals surface area (Å²) in [5.74, 6) is -0.223. The minimum atomic E-state index is -4.37. The Labute approximate surface area is 468 Å². The van der Waals surface area contributed by atoms with E-state index in [1.54, 1.807) is 6.08 Å². The van der Waals surface area contributed by atoms with Crippen molar-refractivity contribution in [3.8, 4) is 0 Å². The van der Waals surface area contributed by atoms with E-state index in [-0.39, 0.29) is 19.1 Å². The van der Waals surface area contributed by atoms with Crippen LogP contribution < -0.4 is 5.32 Å². The first-order valence-electron chi connectivity index (χ1n) is 30.6. The van der Waals surface area contributed by atoms with E-state index in [1.807, 2.05) is 27.2 Å². The van der Waals surface area contributed by atoms with Gasteiger partial charge in [0.05, 0.1) is 39.9 Å². The first kappa shape index (κ1) is 72.6. The number of allylic oxidation sites excluding steroid dienone is 21. The molecule has 0 aromatic carbocycles. The molecule has 0 saturated carbocycles. The molecule has 3 atom stereocenters. The molecule has 0 rings (SSSR count). The third kappa shape index (κ3) is 58.3. The third-order valence-electron chi connectivity index (χ3n) is 12.9. The van der Waals surface area contributed by atoms with Crippen LogP contribution in [0.4, 0.5) is 0 Å². The molecule has 0 aromatic heterocycles. The van der Waals surface area contributed by atoms with Gasteiger partial charge in [-0.3, -0.25) is 13.8 Å². The highest BCUT2D eigenvalue weighted by Gasteiger charge is 2.27. The lowest BCUT2D eigenvalue weighted by molar-refractivity contribution is -0.870. The Morgan fingerprint density at radius 2 is 0.789 bits per heavy atom. The number of aliphatic hydroxyl groups excluding tert-OH is 1. The van der Waals surface area contributed by atoms with Gasteiger partial charge in [-0.2, -0.15) is 0 Å². The molecule has 0 bridgehead atoms. The standard InChI is InChI=1S/C67H115N2O6P/c1-6-8-10-12-14-16-18-20-22-24-26-28-29-30-31-32-33-34-35-36-37-38-39-41-43-45-47-49-51-53-55-57-59-61-67(71)68-65(64-75-76(72,73)74-63-62-69(3,4)5)66(70)60-58-56-54-52-50-48-46-44-42-40-27-25-23-21-19-17-15-13-11-9-7-2/h8,10,14,16,20,22,26,28,30-31,33-34,36-37,39,41,45,47,51,53,58,60,65-66,70H,6-7,9,11-13,15,17-19,21,23-25,27,29,32,35,38,40,42-44,46,48-50,52,54-57,59,61-64H2,1-5H3,(H-,68,71,72,73)/p+1/b10-8-,16-14-,22-20-,28-26-,31-30-,34-33-,37-36-,41-39-,47-45-,53-51-,60-58+. The minimum absolute atomic E-state index is 0.0457. The zero-order valence-corrected chi connectivity index (χ0v) is 50.3. The van der Waals surface area contributed by atoms with E-state index in [2.05, 4.69) is 141 Å². The van der Waals surface area contributed by atoms with Crippen LogP contribution in [-0.2, 0) is 18.4 Å². The fraction of sp³-hybridized carbons (Fsp3) is 0.657. The molecule has 1 amide bonds. The number of hydrogen-bond acceptors (Lipinski definition) is 5. The number of carbonyl (C=O) groups excluding carboxylic acids is 1. The van der Waals surface area contributed by atoms with Gasteiger partial charge in [0, 0.05) is 6.42 Å². The molecule has 0 radical (unpaired) electrons. The maximum Gasteiger partial charge on any atom is 0.472 e. The molecule has 0 spiro atoms. The average Bonchev–Trinajstić information content (AvgIpc) is 3.38. The van der Waals surface area contributed by atoms with E-state index in [0.717, 1.165) is 96.3 Å². The van der Waals surface area contributed by atoms with Crippen molar-refractivity contribution in [1.82, 2.24) is 5.32 Å². The monoisotopic (exact) mass is 1080 g/mol. The van der Waals surface area contributed by atoms with E-state index < -0.39 is 20.0 Å². The predicted octanol–water partition coefficient (Wildman–Crippen LogP) is 19.1. The van der Waals surface area contributed by atoms with Crippen molar-refractivity contribution in [3.05, 3.63) is 134 Å². The van der Waals surface area contributed by atoms with E-state index in [9.17, 15) is 19.4 Å². The van der Waals surface area contributed by atoms with Gasteiger partial charge in [-0.25, -0.2) is 4.57 Å². The van der Waals surface area contributed by atoms with Crippen molar-refractivity contribution in [2.45, 2.75) is 244 Å². The molecule has 0 aliphatic heterocycles. The number of phosphoric ester groups is 1. The van der Waals surface area contributed by atoms with Gasteiger partial charge < -0.3 is 19.8 Å². The average molecular weight is 1080 g/mol. The normalized spacial score (nSPS) is 14.8. The molecule has 0 fully saturated rings. The molecule has 9 heteroatoms. The summed E-state index contributed by atoms with van der Waals surface area (Å²) in [5.41, 5.74) is 0. The number of carbonyl (C=O) groups is 1. The number of nitrogens with zero attached hydrogens (tertiary/aromatic N) is 1. The van der Waals surface area contributed by atoms with Crippen molar-refractivity contribution in [2.75, 3.05) is 40.9 Å². The molecule has 0 aliphatic rings. The predicted molar refractivity (Wildman–Crippen MR) is 331 cm³/mol. The third-order valence-corrected chi connectivity index (χ3v) is 13.9. The summed E-state index contributed by atoms with van der Waals surface area (Å²) >= 11 is 0. The first-order valence-corrected chi connectivity index (χ1v) is 32.1. The molecule has 0 aliphatic carbocycles. The Morgan fingerprint density at radius 1 is 0.461 bits per heavy atom. The van der Waals surface area contributed by atoms with Crippen LogP contribution in [0.3, 0.4) is 0 Å². The number of likely N-dealkylation sites (N-methyl/N-ethyl adjacent to an activating group) is 1. The SMILES string of the molecule is CC/C=C\C/C=C\C/C=C\C/C=C\C/C=C\C/C=C\C/C=C\C/C=C\C/C=C\C/C=C\CCCCC(=O)NC(COP(=O)(O)OCC[N+](C)(C)C)C(O)/C=C/CCCCCCCCCCCCCCCCCCCCC. The summed E-state index contributed by atoms with van der Waals surface area (Å²) in [4.78, 5) is 23.3. The summed E-state index contributed by atoms with van der Waals surface area (Å²) in [5, 5.41) is 13.9. The molecule has 3 N–H and O–H groups in total. The number of hydrogen-bond donors (Lipinski definition) is 3. The van der Waals surface area contributed by atoms with Crippen LogP contribution in [0, 0.1) is 0 Å². The first-order chi connectivity index (χ1) is 37.0. The fourth-order valence-electron chi connectivity index (χ4n) is 8.13. The second-order valence-electron chi connectivity index (χ2n) is 21.3. The van der Waals surface area contributed by atoms with Crippen molar-refractivity contribution < 1.29 is 32.9 Å². The number of quaternary nitrogens is 1. The van der Waals surface area contributed by atoms with Crippen LogP contribution in [0.1, 0.15) is 232 Å². The highest BCUT2D eigenvalue weighted by molar-refractivity contribution is 7.47. The molecule has 0 heterocycles. The zero-order valence-electron chi connectivity index (χ0n) is 49.4. The Morgan fingerprint density at radius 3 is 1.16 bits per heavy atom. The molecule has 76 heavy (non-hydrogen) atoms. The summed E-state index contributed by atoms with van der Waals surface area (Å²) in [6.45, 7) is 4.67. The maximum absolute atomic E-state index is 13.0. The highest BCUT2D eigenvalue weighted by Crippen LogP contribution is 2.43. The molecule has 0 aromatic rings. The number of phosphoric acid groups is 1. The van der Waals surface area contributed by atoms with Gasteiger partial charge in [0.1, 0.15) is 13.2 Å². The maximum atomic E-state index is 13.0. The second-order valence-corrected chi connectivity index (χ2v) is 22.8. The minimum Gasteiger partial charge on any atom is -0.387 e. The Bertz CT molecular complexity index is 1700. The molecule has 434 valence electrons. The molecule has 8 nitrogen and oxygen atoms in total. The molecule has 0 saturated heterocycles. The summed E-state index contributed by atoms with van der Waals surface area (Å²) in [6.07, 6.45) is 85.6. The Kier molecular flexibility index (Phi) is 53.9. The van der Waals surface area contributed by atoms with E-state index >= 15 is 0 Å².